The fourth-order valence-corrected chi connectivity index (χ4v) is 7.08. The average molecular weight is 467 g/mol. The molecule has 0 bridgehead atoms. The lowest BCUT2D eigenvalue weighted by Crippen LogP contribution is -2.53. The van der Waals surface area contributed by atoms with Gasteiger partial charge in [0.2, 0.25) is 5.91 Å². The van der Waals surface area contributed by atoms with Gasteiger partial charge in [-0.25, -0.2) is 4.79 Å². The van der Waals surface area contributed by atoms with Crippen molar-refractivity contribution in [3.8, 4) is 0 Å². The van der Waals surface area contributed by atoms with Crippen LogP contribution in [0.1, 0.15) is 69.5 Å². The minimum Gasteiger partial charge on any atom is -0.467 e. The van der Waals surface area contributed by atoms with Crippen LogP contribution < -0.4 is 0 Å². The van der Waals surface area contributed by atoms with Crippen molar-refractivity contribution in [3.63, 3.8) is 0 Å². The van der Waals surface area contributed by atoms with Crippen molar-refractivity contribution in [2.45, 2.75) is 81.6 Å². The summed E-state index contributed by atoms with van der Waals surface area (Å²) in [7, 11) is 1.41. The van der Waals surface area contributed by atoms with Gasteiger partial charge >= 0.3 is 5.97 Å². The van der Waals surface area contributed by atoms with Gasteiger partial charge in [-0.3, -0.25) is 4.79 Å². The molecule has 3 fully saturated rings. The molecule has 1 amide bonds. The van der Waals surface area contributed by atoms with Gasteiger partial charge in [0, 0.05) is 36.2 Å². The average Bonchev–Trinajstić information content (AvgIpc) is 3.51. The molecule has 7 heteroatoms. The molecule has 1 saturated carbocycles. The van der Waals surface area contributed by atoms with Crippen LogP contribution in [0.4, 0.5) is 0 Å². The first-order valence-corrected chi connectivity index (χ1v) is 12.8. The highest BCUT2D eigenvalue weighted by molar-refractivity contribution is 5.97. The molecule has 1 aliphatic carbocycles. The molecule has 4 heterocycles. The number of aromatic amines is 1. The van der Waals surface area contributed by atoms with Crippen LogP contribution in [0, 0.1) is 5.92 Å². The molecule has 1 spiro atoms. The summed E-state index contributed by atoms with van der Waals surface area (Å²) in [5, 5.41) is 1.12. The van der Waals surface area contributed by atoms with E-state index in [2.05, 4.69) is 18.0 Å². The molecule has 0 unspecified atom stereocenters. The zero-order chi connectivity index (χ0) is 23.6. The molecule has 3 aliphatic heterocycles. The van der Waals surface area contributed by atoms with Crippen LogP contribution in [0.5, 0.6) is 0 Å². The number of nitrogens with zero attached hydrogens (tertiary/aromatic N) is 1. The first-order chi connectivity index (χ1) is 16.5. The molecule has 1 aromatic carbocycles. The zero-order valence-corrected chi connectivity index (χ0v) is 20.2. The first kappa shape index (κ1) is 22.1. The normalized spacial score (nSPS) is 32.2. The van der Waals surface area contributed by atoms with Gasteiger partial charge in [0.15, 0.2) is 11.3 Å². The van der Waals surface area contributed by atoms with Crippen molar-refractivity contribution in [1.29, 1.82) is 0 Å². The molecule has 1 N–H and O–H groups in total. The van der Waals surface area contributed by atoms with E-state index in [0.717, 1.165) is 60.7 Å². The molecule has 7 nitrogen and oxygen atoms in total. The maximum atomic E-state index is 13.8. The highest BCUT2D eigenvalue weighted by atomic mass is 16.8. The third kappa shape index (κ3) is 3.02. The van der Waals surface area contributed by atoms with Crippen LogP contribution in [0.25, 0.3) is 10.9 Å². The fraction of sp³-hybridized carbons (Fsp3) is 0.630. The summed E-state index contributed by atoms with van der Waals surface area (Å²) in [6, 6.07) is 8.11. The number of carbonyl (C=O) groups is 2. The molecule has 3 atom stereocenters. The number of hydrogen-bond donors (Lipinski definition) is 1. The van der Waals surface area contributed by atoms with Crippen LogP contribution in [-0.2, 0) is 35.8 Å². The largest absolute Gasteiger partial charge is 0.467 e. The zero-order valence-electron chi connectivity index (χ0n) is 20.2. The summed E-state index contributed by atoms with van der Waals surface area (Å²) < 4.78 is 18.4. The molecule has 34 heavy (non-hydrogen) atoms. The number of ether oxygens (including phenoxy) is 3. The minimum atomic E-state index is -1.11. The van der Waals surface area contributed by atoms with Gasteiger partial charge in [-0.2, -0.15) is 0 Å². The van der Waals surface area contributed by atoms with Gasteiger partial charge in [0.05, 0.1) is 25.0 Å². The van der Waals surface area contributed by atoms with Crippen LogP contribution >= 0.6 is 0 Å². The highest BCUT2D eigenvalue weighted by Gasteiger charge is 2.62. The Bertz CT molecular complexity index is 1140. The number of para-hydroxylation sites is 1. The van der Waals surface area contributed by atoms with E-state index in [-0.39, 0.29) is 17.8 Å². The van der Waals surface area contributed by atoms with E-state index in [1.54, 1.807) is 4.90 Å². The van der Waals surface area contributed by atoms with Crippen LogP contribution in [-0.4, -0.2) is 53.4 Å². The van der Waals surface area contributed by atoms with E-state index < -0.39 is 16.9 Å². The number of benzene rings is 1. The summed E-state index contributed by atoms with van der Waals surface area (Å²) in [5.41, 5.74) is 1.33. The molecular weight excluding hydrogens is 432 g/mol. The second kappa shape index (κ2) is 7.82. The fourth-order valence-electron chi connectivity index (χ4n) is 7.08. The Morgan fingerprint density at radius 3 is 2.79 bits per heavy atom. The minimum absolute atomic E-state index is 0.0238. The number of aromatic nitrogens is 1. The molecule has 4 aliphatic rings. The lowest BCUT2D eigenvalue weighted by atomic mass is 9.80. The lowest BCUT2D eigenvalue weighted by molar-refractivity contribution is -0.208. The summed E-state index contributed by atoms with van der Waals surface area (Å²) >= 11 is 0. The Balaban J connectivity index is 1.36. The van der Waals surface area contributed by atoms with Gasteiger partial charge in [-0.05, 0) is 50.2 Å². The smallest absolute Gasteiger partial charge is 0.338 e. The van der Waals surface area contributed by atoms with Crippen molar-refractivity contribution >= 4 is 22.8 Å². The Hall–Kier alpha value is -2.38. The molecule has 2 aromatic rings. The van der Waals surface area contributed by atoms with E-state index in [0.29, 0.717) is 26.0 Å². The second-order valence-corrected chi connectivity index (χ2v) is 10.6. The van der Waals surface area contributed by atoms with E-state index in [4.69, 9.17) is 14.2 Å². The summed E-state index contributed by atoms with van der Waals surface area (Å²) in [6.07, 6.45) is 7.76. The van der Waals surface area contributed by atoms with Gasteiger partial charge in [0.25, 0.3) is 0 Å². The molecule has 0 radical (unpaired) electrons. The predicted octanol–water partition coefficient (Wildman–Crippen LogP) is 4.19. The number of rotatable bonds is 4. The number of methoxy groups -OCH3 is 1. The van der Waals surface area contributed by atoms with Crippen molar-refractivity contribution < 1.29 is 23.8 Å². The standard InChI is InChI=1S/C27H34N2O5/c1-3-25(17-33-26(34-25)12-7-4-8-13-26)15-18-16-27(24(31)32-2)22-20(11-14-29(27)23(18)30)19-9-5-6-10-21(19)28-22/h5-6,9-10,18,28H,3-4,7-8,11-17H2,1-2H3/t18-,25-,27+/m0/s1. The first-order valence-electron chi connectivity index (χ1n) is 12.8. The van der Waals surface area contributed by atoms with Crippen molar-refractivity contribution in [2.75, 3.05) is 20.3 Å². The van der Waals surface area contributed by atoms with Crippen molar-refractivity contribution in [2.24, 2.45) is 5.92 Å². The van der Waals surface area contributed by atoms with Crippen LogP contribution in [0.15, 0.2) is 24.3 Å². The maximum Gasteiger partial charge on any atom is 0.338 e. The van der Waals surface area contributed by atoms with E-state index in [1.807, 2.05) is 18.2 Å². The second-order valence-electron chi connectivity index (χ2n) is 10.6. The van der Waals surface area contributed by atoms with Gasteiger partial charge in [-0.1, -0.05) is 31.5 Å². The van der Waals surface area contributed by atoms with Crippen LogP contribution in [0.3, 0.4) is 0 Å². The number of esters is 1. The van der Waals surface area contributed by atoms with Gasteiger partial charge in [-0.15, -0.1) is 0 Å². The summed E-state index contributed by atoms with van der Waals surface area (Å²) in [6.45, 7) is 3.14. The Labute approximate surface area is 200 Å². The van der Waals surface area contributed by atoms with Crippen molar-refractivity contribution in [1.82, 2.24) is 9.88 Å². The number of hydrogen-bond acceptors (Lipinski definition) is 5. The number of carbonyl (C=O) groups excluding carboxylic acids is 2. The summed E-state index contributed by atoms with van der Waals surface area (Å²) in [5.74, 6) is -1.16. The predicted molar refractivity (Wildman–Crippen MR) is 126 cm³/mol. The topological polar surface area (TPSA) is 80.9 Å². The molecule has 6 rings (SSSR count). The molecule has 182 valence electrons. The Morgan fingerprint density at radius 1 is 1.24 bits per heavy atom. The number of amides is 1. The highest BCUT2D eigenvalue weighted by Crippen LogP contribution is 2.52. The van der Waals surface area contributed by atoms with E-state index in [1.165, 1.54) is 13.5 Å². The van der Waals surface area contributed by atoms with E-state index in [9.17, 15) is 9.59 Å². The van der Waals surface area contributed by atoms with Gasteiger partial charge < -0.3 is 24.1 Å². The van der Waals surface area contributed by atoms with Crippen molar-refractivity contribution in [3.05, 3.63) is 35.5 Å². The third-order valence-corrected chi connectivity index (χ3v) is 8.83. The SMILES string of the molecule is CC[C@]1(C[C@H]2C[C@]3(C(=O)OC)c4[nH]c5ccccc5c4CCN3C2=O)COC2(CCCCC2)O1. The molecular formula is C27H34N2O5. The number of H-pyrrole nitrogens is 1. The van der Waals surface area contributed by atoms with Crippen LogP contribution in [0.2, 0.25) is 0 Å². The van der Waals surface area contributed by atoms with Gasteiger partial charge in [0.1, 0.15) is 0 Å². The Kier molecular flexibility index (Phi) is 5.08. The Morgan fingerprint density at radius 2 is 2.03 bits per heavy atom. The molecule has 2 saturated heterocycles. The lowest BCUT2D eigenvalue weighted by Gasteiger charge is -2.39. The third-order valence-electron chi connectivity index (χ3n) is 8.83. The number of fused-ring (bicyclic) bond motifs is 5. The quantitative estimate of drug-likeness (QED) is 0.684. The number of nitrogens with one attached hydrogen (secondary N) is 1. The van der Waals surface area contributed by atoms with E-state index >= 15 is 0 Å². The maximum absolute atomic E-state index is 13.8. The summed E-state index contributed by atoms with van der Waals surface area (Å²) in [4.78, 5) is 32.5. The monoisotopic (exact) mass is 466 g/mol. The molecule has 1 aromatic heterocycles.